The zero-order chi connectivity index (χ0) is 25.6. The lowest BCUT2D eigenvalue weighted by molar-refractivity contribution is -0.226. The lowest BCUT2D eigenvalue weighted by atomic mass is 9.34. The van der Waals surface area contributed by atoms with Crippen molar-refractivity contribution in [3.63, 3.8) is 0 Å². The van der Waals surface area contributed by atoms with Gasteiger partial charge in [0.15, 0.2) is 5.78 Å². The Morgan fingerprint density at radius 3 is 1.50 bits per heavy atom. The summed E-state index contributed by atoms with van der Waals surface area (Å²) >= 11 is 7.26. The van der Waals surface area contributed by atoms with Crippen LogP contribution >= 0.6 is 11.6 Å². The summed E-state index contributed by atoms with van der Waals surface area (Å²) in [6.07, 6.45) is 0. The number of hydrogen-bond acceptors (Lipinski definition) is 2. The van der Waals surface area contributed by atoms with Gasteiger partial charge in [-0.05, 0) is 88.6 Å². The topological polar surface area (TPSA) is 20.3 Å². The highest BCUT2D eigenvalue weighted by molar-refractivity contribution is 6.33. The predicted octanol–water partition coefficient (Wildman–Crippen LogP) is 8.19. The van der Waals surface area contributed by atoms with Crippen LogP contribution in [0.3, 0.4) is 0 Å². The molecule has 3 heteroatoms. The molecule has 0 aromatic heterocycles. The summed E-state index contributed by atoms with van der Waals surface area (Å²) < 4.78 is 0. The molecule has 0 saturated heterocycles. The molecule has 1 saturated carbocycles. The highest BCUT2D eigenvalue weighted by atomic mass is 35.5. The number of carbonyl (C=O) groups excluding carboxylic acids is 1. The Balaban J connectivity index is 3.32. The number of halogens is 1. The van der Waals surface area contributed by atoms with E-state index >= 15 is 4.79 Å². The second kappa shape index (κ2) is 7.32. The van der Waals surface area contributed by atoms with E-state index in [1.807, 2.05) is 0 Å². The minimum absolute atomic E-state index is 0.181. The lowest BCUT2D eigenvalue weighted by Gasteiger charge is -2.72. The molecular formula is C29H48ClNO. The molecule has 0 spiro atoms. The molecule has 1 fully saturated rings. The van der Waals surface area contributed by atoms with Crippen LogP contribution < -0.4 is 0 Å². The number of likely N-dealkylation sites (N-methyl/N-ethyl adjacent to an activating group) is 1. The van der Waals surface area contributed by atoms with E-state index in [4.69, 9.17) is 11.6 Å². The lowest BCUT2D eigenvalue weighted by Crippen LogP contribution is -2.77. The second-order valence-electron chi connectivity index (χ2n) is 13.5. The molecule has 0 radical (unpaired) electrons. The highest BCUT2D eigenvalue weighted by Crippen LogP contribution is 2.72. The first-order valence-electron chi connectivity index (χ1n) is 12.0. The van der Waals surface area contributed by atoms with Crippen LogP contribution in [0.1, 0.15) is 104 Å². The number of rotatable bonds is 2. The first kappa shape index (κ1) is 27.4. The van der Waals surface area contributed by atoms with Gasteiger partial charge in [0.05, 0.1) is 0 Å². The number of ketones is 1. The summed E-state index contributed by atoms with van der Waals surface area (Å²) in [6, 6.07) is 0. The molecule has 1 aromatic carbocycles. The van der Waals surface area contributed by atoms with E-state index in [1.54, 1.807) is 0 Å². The Labute approximate surface area is 203 Å². The number of hydrogen-bond donors (Lipinski definition) is 0. The summed E-state index contributed by atoms with van der Waals surface area (Å²) in [7, 11) is 2.13. The molecule has 182 valence electrons. The molecule has 0 N–H and O–H groups in total. The molecule has 1 atom stereocenters. The van der Waals surface area contributed by atoms with Gasteiger partial charge in [-0.25, -0.2) is 0 Å². The van der Waals surface area contributed by atoms with Gasteiger partial charge in [0, 0.05) is 27.0 Å². The first-order chi connectivity index (χ1) is 14.0. The SMILES string of the molecule is Cc1c(C)c(C)c(C2(N(C)C(C)(C)C)C(=O)C(C)(C)C(C)(C)C(C)(C)C2(C)C)c(Cl)c1C. The van der Waals surface area contributed by atoms with Crippen LogP contribution in [-0.2, 0) is 10.3 Å². The Kier molecular flexibility index (Phi) is 6.26. The van der Waals surface area contributed by atoms with Crippen molar-refractivity contribution in [1.82, 2.24) is 4.90 Å². The third-order valence-electron chi connectivity index (χ3n) is 11.0. The van der Waals surface area contributed by atoms with Crippen LogP contribution in [0, 0.1) is 49.4 Å². The fraction of sp³-hybridized carbons (Fsp3) is 0.759. The molecule has 0 heterocycles. The third kappa shape index (κ3) is 2.90. The molecular weight excluding hydrogens is 414 g/mol. The van der Waals surface area contributed by atoms with Crippen LogP contribution in [0.25, 0.3) is 0 Å². The zero-order valence-corrected chi connectivity index (χ0v) is 24.5. The molecule has 0 amide bonds. The van der Waals surface area contributed by atoms with Gasteiger partial charge in [-0.2, -0.15) is 0 Å². The fourth-order valence-electron chi connectivity index (χ4n) is 6.40. The molecule has 32 heavy (non-hydrogen) atoms. The van der Waals surface area contributed by atoms with Crippen molar-refractivity contribution in [3.05, 3.63) is 32.8 Å². The smallest absolute Gasteiger partial charge is 0.164 e. The molecule has 0 bridgehead atoms. The number of nitrogens with zero attached hydrogens (tertiary/aromatic N) is 1. The Morgan fingerprint density at radius 2 is 1.09 bits per heavy atom. The molecule has 2 nitrogen and oxygen atoms in total. The number of carbonyl (C=O) groups is 1. The van der Waals surface area contributed by atoms with Crippen LogP contribution in [0.2, 0.25) is 5.02 Å². The monoisotopic (exact) mass is 461 g/mol. The average Bonchev–Trinajstić information content (AvgIpc) is 2.65. The first-order valence-corrected chi connectivity index (χ1v) is 12.4. The minimum Gasteiger partial charge on any atom is -0.297 e. The summed E-state index contributed by atoms with van der Waals surface area (Å²) in [6.45, 7) is 33.3. The Bertz CT molecular complexity index is 929. The van der Waals surface area contributed by atoms with E-state index in [9.17, 15) is 0 Å². The maximum atomic E-state index is 15.1. The van der Waals surface area contributed by atoms with E-state index in [2.05, 4.69) is 116 Å². The molecule has 2 rings (SSSR count). The fourth-order valence-corrected chi connectivity index (χ4v) is 6.82. The second-order valence-corrected chi connectivity index (χ2v) is 13.8. The van der Waals surface area contributed by atoms with Crippen molar-refractivity contribution in [1.29, 1.82) is 0 Å². The maximum Gasteiger partial charge on any atom is 0.164 e. The van der Waals surface area contributed by atoms with E-state index in [0.717, 1.165) is 21.7 Å². The van der Waals surface area contributed by atoms with Crippen molar-refractivity contribution in [2.75, 3.05) is 7.05 Å². The van der Waals surface area contributed by atoms with E-state index in [1.165, 1.54) is 11.1 Å². The summed E-state index contributed by atoms with van der Waals surface area (Å²) in [5, 5.41) is 0.745. The molecule has 1 aliphatic rings. The van der Waals surface area contributed by atoms with E-state index in [0.29, 0.717) is 0 Å². The van der Waals surface area contributed by atoms with Crippen molar-refractivity contribution < 1.29 is 4.79 Å². The van der Waals surface area contributed by atoms with Gasteiger partial charge in [0.2, 0.25) is 0 Å². The van der Waals surface area contributed by atoms with Crippen LogP contribution in [0.5, 0.6) is 0 Å². The van der Waals surface area contributed by atoms with Gasteiger partial charge in [-0.1, -0.05) is 67.0 Å². The van der Waals surface area contributed by atoms with Gasteiger partial charge < -0.3 is 0 Å². The van der Waals surface area contributed by atoms with Crippen molar-refractivity contribution in [3.8, 4) is 0 Å². The van der Waals surface area contributed by atoms with Crippen molar-refractivity contribution in [2.45, 2.75) is 115 Å². The standard InChI is InChI=1S/C29H48ClNO/c1-17-18(2)20(4)22(30)21(19(17)3)29(31(16)24(5,6)7)23(32)25(8,9)26(10,11)27(12,13)28(29,14)15/h1-16H3. The third-order valence-corrected chi connectivity index (χ3v) is 11.4. The van der Waals surface area contributed by atoms with Crippen molar-refractivity contribution in [2.24, 2.45) is 21.7 Å². The number of benzene rings is 1. The largest absolute Gasteiger partial charge is 0.297 e. The van der Waals surface area contributed by atoms with Crippen molar-refractivity contribution >= 4 is 17.4 Å². The predicted molar refractivity (Wildman–Crippen MR) is 140 cm³/mol. The maximum absolute atomic E-state index is 15.1. The normalized spacial score (nSPS) is 26.5. The molecule has 1 unspecified atom stereocenters. The quantitative estimate of drug-likeness (QED) is 0.442. The van der Waals surface area contributed by atoms with Gasteiger partial charge >= 0.3 is 0 Å². The van der Waals surface area contributed by atoms with Crippen LogP contribution in [0.15, 0.2) is 0 Å². The molecule has 0 aliphatic heterocycles. The Hall–Kier alpha value is -0.860. The zero-order valence-electron chi connectivity index (χ0n) is 23.7. The highest BCUT2D eigenvalue weighted by Gasteiger charge is 2.75. The molecule has 1 aliphatic carbocycles. The minimum atomic E-state index is -0.891. The van der Waals surface area contributed by atoms with Gasteiger partial charge in [-0.15, -0.1) is 0 Å². The average molecular weight is 462 g/mol. The Morgan fingerprint density at radius 1 is 0.688 bits per heavy atom. The van der Waals surface area contributed by atoms with E-state index < -0.39 is 16.4 Å². The summed E-state index contributed by atoms with van der Waals surface area (Å²) in [5.74, 6) is 0.268. The summed E-state index contributed by atoms with van der Waals surface area (Å²) in [4.78, 5) is 17.4. The molecule has 1 aromatic rings. The van der Waals surface area contributed by atoms with Crippen LogP contribution in [-0.4, -0.2) is 23.3 Å². The van der Waals surface area contributed by atoms with Gasteiger partial charge in [0.1, 0.15) is 5.54 Å². The van der Waals surface area contributed by atoms with Crippen LogP contribution in [0.4, 0.5) is 0 Å². The number of Topliss-reactive ketones (excluding diaryl/α,β-unsaturated/α-hetero) is 1. The van der Waals surface area contributed by atoms with Gasteiger partial charge in [0.25, 0.3) is 0 Å². The summed E-state index contributed by atoms with van der Waals surface area (Å²) in [5.41, 5.74) is 3.14. The van der Waals surface area contributed by atoms with Gasteiger partial charge in [-0.3, -0.25) is 9.69 Å². The van der Waals surface area contributed by atoms with E-state index in [-0.39, 0.29) is 22.2 Å².